The van der Waals surface area contributed by atoms with Crippen LogP contribution in [0, 0.1) is 5.82 Å². The van der Waals surface area contributed by atoms with Crippen LogP contribution in [0.1, 0.15) is 67.9 Å². The van der Waals surface area contributed by atoms with Crippen LogP contribution in [0.5, 0.6) is 5.75 Å². The van der Waals surface area contributed by atoms with Crippen molar-refractivity contribution in [2.75, 3.05) is 0 Å². The predicted molar refractivity (Wildman–Crippen MR) is 115 cm³/mol. The molecule has 0 saturated heterocycles. The van der Waals surface area contributed by atoms with E-state index in [0.717, 1.165) is 6.07 Å². The molecule has 1 aromatic rings. The van der Waals surface area contributed by atoms with Gasteiger partial charge in [-0.25, -0.2) is 18.8 Å². The Morgan fingerprint density at radius 3 is 1.66 bits per heavy atom. The zero-order valence-corrected chi connectivity index (χ0v) is 20.1. The van der Waals surface area contributed by atoms with Crippen molar-refractivity contribution < 1.29 is 42.8 Å². The summed E-state index contributed by atoms with van der Waals surface area (Å²) in [6.07, 6.45) is -2.72. The molecule has 0 aliphatic heterocycles. The Morgan fingerprint density at radius 2 is 1.28 bits per heavy atom. The number of carbonyl (C=O) groups is 3. The number of nitrogens with one attached hydrogen (secondary N) is 1. The second kappa shape index (κ2) is 11.5. The molecule has 0 fully saturated rings. The third kappa shape index (κ3) is 15.8. The van der Waals surface area contributed by atoms with E-state index in [-0.39, 0.29) is 17.9 Å². The molecule has 0 radical (unpaired) electrons. The molecule has 0 bridgehead atoms. The van der Waals surface area contributed by atoms with E-state index in [1.165, 1.54) is 12.1 Å². The maximum absolute atomic E-state index is 13.3. The molecule has 0 atom stereocenters. The lowest BCUT2D eigenvalue weighted by molar-refractivity contribution is -0.0294. The standard InChI is InChI=1S/C12H16FNO3.C10H18O5/c1-12(2,3)17-11(16)14-7-8-4-5-9(15)6-10(8)13;1-9(2,3)14-7(11)13-8(12)15-10(4,5)6/h4-6,15H,7H2,1-3H3,(H,14,16);1-6H3. The number of alkyl carbamates (subject to hydrolysis) is 1. The Labute approximate surface area is 188 Å². The second-order valence-corrected chi connectivity index (χ2v) is 9.66. The van der Waals surface area contributed by atoms with E-state index in [4.69, 9.17) is 19.3 Å². The molecule has 0 saturated carbocycles. The third-order valence-corrected chi connectivity index (χ3v) is 2.80. The second-order valence-electron chi connectivity index (χ2n) is 9.66. The molecule has 0 aliphatic rings. The van der Waals surface area contributed by atoms with Gasteiger partial charge in [-0.1, -0.05) is 6.07 Å². The van der Waals surface area contributed by atoms with Crippen LogP contribution in [-0.2, 0) is 25.5 Å². The molecule has 0 aliphatic carbocycles. The number of aromatic hydroxyl groups is 1. The highest BCUT2D eigenvalue weighted by Crippen LogP contribution is 2.15. The highest BCUT2D eigenvalue weighted by Gasteiger charge is 2.24. The topological polar surface area (TPSA) is 120 Å². The molecule has 1 rings (SSSR count). The van der Waals surface area contributed by atoms with Gasteiger partial charge in [-0.2, -0.15) is 0 Å². The quantitative estimate of drug-likeness (QED) is 0.341. The summed E-state index contributed by atoms with van der Waals surface area (Å²) in [5.41, 5.74) is -1.69. The number of hydrogen-bond donors (Lipinski definition) is 2. The SMILES string of the molecule is CC(C)(C)OC(=O)NCc1ccc(O)cc1F.CC(C)(C)OC(=O)OC(=O)OC(C)(C)C. The molecule has 9 nitrogen and oxygen atoms in total. The van der Waals surface area contributed by atoms with E-state index in [0.29, 0.717) is 0 Å². The highest BCUT2D eigenvalue weighted by molar-refractivity contribution is 5.77. The number of ether oxygens (including phenoxy) is 4. The number of benzene rings is 1. The fourth-order valence-corrected chi connectivity index (χ4v) is 1.77. The molecule has 0 aromatic heterocycles. The Balaban J connectivity index is 0.000000607. The zero-order valence-electron chi connectivity index (χ0n) is 20.1. The van der Waals surface area contributed by atoms with Crippen LogP contribution in [0.15, 0.2) is 18.2 Å². The minimum atomic E-state index is -1.06. The van der Waals surface area contributed by atoms with Gasteiger partial charge in [0, 0.05) is 18.2 Å². The van der Waals surface area contributed by atoms with Crippen LogP contribution in [0.4, 0.5) is 18.8 Å². The number of hydrogen-bond acceptors (Lipinski definition) is 8. The average Bonchev–Trinajstić information content (AvgIpc) is 2.48. The zero-order chi connectivity index (χ0) is 25.3. The summed E-state index contributed by atoms with van der Waals surface area (Å²) in [7, 11) is 0. The number of carbonyl (C=O) groups excluding carboxylic acids is 3. The lowest BCUT2D eigenvalue weighted by Crippen LogP contribution is -2.32. The minimum Gasteiger partial charge on any atom is -0.508 e. The van der Waals surface area contributed by atoms with E-state index in [1.807, 2.05) is 0 Å². The molecule has 1 aromatic carbocycles. The summed E-state index contributed by atoms with van der Waals surface area (Å²) in [5.74, 6) is -0.718. The van der Waals surface area contributed by atoms with E-state index < -0.39 is 41.0 Å². The smallest absolute Gasteiger partial charge is 0.508 e. The van der Waals surface area contributed by atoms with Crippen LogP contribution in [0.3, 0.4) is 0 Å². The number of rotatable bonds is 2. The number of amides is 1. The van der Waals surface area contributed by atoms with Gasteiger partial charge in [-0.15, -0.1) is 0 Å². The number of phenols is 1. The van der Waals surface area contributed by atoms with Crippen molar-refractivity contribution in [1.82, 2.24) is 5.32 Å². The molecule has 182 valence electrons. The normalized spacial score (nSPS) is 11.4. The third-order valence-electron chi connectivity index (χ3n) is 2.80. The highest BCUT2D eigenvalue weighted by atomic mass is 19.1. The molecule has 10 heteroatoms. The molecule has 0 spiro atoms. The van der Waals surface area contributed by atoms with Gasteiger partial charge >= 0.3 is 18.4 Å². The van der Waals surface area contributed by atoms with Crippen molar-refractivity contribution >= 4 is 18.4 Å². The van der Waals surface area contributed by atoms with Crippen molar-refractivity contribution in [2.45, 2.75) is 85.7 Å². The maximum atomic E-state index is 13.3. The summed E-state index contributed by atoms with van der Waals surface area (Å²) in [5, 5.41) is 11.4. The fraction of sp³-hybridized carbons (Fsp3) is 0.591. The summed E-state index contributed by atoms with van der Waals surface area (Å²) in [4.78, 5) is 33.3. The van der Waals surface area contributed by atoms with E-state index in [9.17, 15) is 18.8 Å². The first kappa shape index (κ1) is 29.0. The minimum absolute atomic E-state index is 0.0149. The summed E-state index contributed by atoms with van der Waals surface area (Å²) < 4.78 is 32.1. The lowest BCUT2D eigenvalue weighted by Gasteiger charge is -2.20. The van der Waals surface area contributed by atoms with Gasteiger partial charge in [0.1, 0.15) is 28.4 Å². The molecular formula is C22H34FNO8. The molecule has 2 N–H and O–H groups in total. The molecule has 0 unspecified atom stereocenters. The molecule has 0 heterocycles. The molecular weight excluding hydrogens is 425 g/mol. The number of phenolic OH excluding ortho intramolecular Hbond substituents is 1. The number of halogens is 1. The predicted octanol–water partition coefficient (Wildman–Crippen LogP) is 5.43. The summed E-state index contributed by atoms with van der Waals surface area (Å²) in [6.45, 7) is 15.3. The van der Waals surface area contributed by atoms with Gasteiger partial charge in [0.2, 0.25) is 0 Å². The monoisotopic (exact) mass is 459 g/mol. The van der Waals surface area contributed by atoms with Crippen molar-refractivity contribution in [3.05, 3.63) is 29.6 Å². The lowest BCUT2D eigenvalue weighted by atomic mass is 10.2. The van der Waals surface area contributed by atoms with Crippen LogP contribution >= 0.6 is 0 Å². The molecule has 1 amide bonds. The van der Waals surface area contributed by atoms with E-state index >= 15 is 0 Å². The summed E-state index contributed by atoms with van der Waals surface area (Å²) in [6, 6.07) is 3.75. The van der Waals surface area contributed by atoms with Crippen LogP contribution in [-0.4, -0.2) is 40.3 Å². The molecule has 32 heavy (non-hydrogen) atoms. The van der Waals surface area contributed by atoms with Gasteiger partial charge < -0.3 is 29.4 Å². The van der Waals surface area contributed by atoms with E-state index in [1.54, 1.807) is 62.3 Å². The Bertz CT molecular complexity index is 763. The largest absolute Gasteiger partial charge is 0.519 e. The average molecular weight is 460 g/mol. The Kier molecular flexibility index (Phi) is 10.4. The van der Waals surface area contributed by atoms with Crippen LogP contribution in [0.25, 0.3) is 0 Å². The maximum Gasteiger partial charge on any atom is 0.519 e. The van der Waals surface area contributed by atoms with Crippen LogP contribution < -0.4 is 5.32 Å². The van der Waals surface area contributed by atoms with Gasteiger partial charge in [0.15, 0.2) is 0 Å². The van der Waals surface area contributed by atoms with Gasteiger partial charge in [0.25, 0.3) is 0 Å². The van der Waals surface area contributed by atoms with Crippen molar-refractivity contribution in [2.24, 2.45) is 0 Å². The van der Waals surface area contributed by atoms with Gasteiger partial charge in [0.05, 0.1) is 0 Å². The Morgan fingerprint density at radius 1 is 0.844 bits per heavy atom. The van der Waals surface area contributed by atoms with E-state index in [2.05, 4.69) is 10.1 Å². The Hall–Kier alpha value is -3.04. The first-order chi connectivity index (χ1) is 14.3. The van der Waals surface area contributed by atoms with Crippen LogP contribution in [0.2, 0.25) is 0 Å². The first-order valence-corrected chi connectivity index (χ1v) is 9.85. The first-order valence-electron chi connectivity index (χ1n) is 9.85. The van der Waals surface area contributed by atoms with Crippen molar-refractivity contribution in [3.63, 3.8) is 0 Å². The van der Waals surface area contributed by atoms with Gasteiger partial charge in [-0.3, -0.25) is 0 Å². The van der Waals surface area contributed by atoms with Gasteiger partial charge in [-0.05, 0) is 68.4 Å². The fourth-order valence-electron chi connectivity index (χ4n) is 1.77. The van der Waals surface area contributed by atoms with Crippen molar-refractivity contribution in [3.8, 4) is 5.75 Å². The summed E-state index contributed by atoms with van der Waals surface area (Å²) >= 11 is 0. The van der Waals surface area contributed by atoms with Crippen molar-refractivity contribution in [1.29, 1.82) is 0 Å².